The van der Waals surface area contributed by atoms with Gasteiger partial charge in [-0.2, -0.15) is 0 Å². The van der Waals surface area contributed by atoms with Crippen LogP contribution in [0.2, 0.25) is 29.7 Å². The second-order valence-corrected chi connectivity index (χ2v) is 15.7. The topological polar surface area (TPSA) is 9.23 Å². The van der Waals surface area contributed by atoms with Crippen LogP contribution in [0, 0.1) is 5.41 Å². The number of hydrogen-bond acceptors (Lipinski definition) is 1. The second kappa shape index (κ2) is 6.27. The minimum atomic E-state index is -1.62. The van der Waals surface area contributed by atoms with Crippen molar-refractivity contribution in [1.82, 2.24) is 0 Å². The first kappa shape index (κ1) is 18.4. The average Bonchev–Trinajstić information content (AvgIpc) is 2.12. The highest BCUT2D eigenvalue weighted by Gasteiger charge is 2.38. The molecule has 0 saturated carbocycles. The second-order valence-electron chi connectivity index (χ2n) is 8.03. The van der Waals surface area contributed by atoms with E-state index < -0.39 is 22.5 Å². The van der Waals surface area contributed by atoms with Gasteiger partial charge in [-0.25, -0.2) is 0 Å². The van der Waals surface area contributed by atoms with E-state index >= 15 is 0 Å². The van der Waals surface area contributed by atoms with Gasteiger partial charge in [0, 0.05) is 12.0 Å². The summed E-state index contributed by atoms with van der Waals surface area (Å²) in [6.45, 7) is 19.3. The molecule has 0 aromatic carbocycles. The van der Waals surface area contributed by atoms with Gasteiger partial charge in [0.15, 0.2) is 8.32 Å². The van der Waals surface area contributed by atoms with E-state index in [0.29, 0.717) is 5.04 Å². The summed E-state index contributed by atoms with van der Waals surface area (Å²) in [7, 11) is -1.62. The maximum atomic E-state index is 6.37. The molecule has 0 aliphatic heterocycles. The lowest BCUT2D eigenvalue weighted by atomic mass is 9.87. The van der Waals surface area contributed by atoms with Crippen molar-refractivity contribution in [2.45, 2.75) is 71.2 Å². The monoisotopic (exact) mass is 284 g/mol. The lowest BCUT2D eigenvalue weighted by Crippen LogP contribution is -2.43. The first-order chi connectivity index (χ1) is 7.79. The van der Waals surface area contributed by atoms with Gasteiger partial charge in [0.25, 0.3) is 14.1 Å². The van der Waals surface area contributed by atoms with Gasteiger partial charge in [-0.3, -0.25) is 0 Å². The normalized spacial score (nSPS) is 14.9. The van der Waals surface area contributed by atoms with Gasteiger partial charge in [0.2, 0.25) is 0 Å². The average molecular weight is 284 g/mol. The zero-order chi connectivity index (χ0) is 14.8. The summed E-state index contributed by atoms with van der Waals surface area (Å²) in [4.78, 5) is 2.50. The molecule has 0 aromatic heterocycles. The third kappa shape index (κ3) is 5.61. The fourth-order valence-electron chi connectivity index (χ4n) is 1.42. The number of hydrogen-bond donors (Lipinski definition) is 0. The Kier molecular flexibility index (Phi) is 6.42. The highest BCUT2D eigenvalue weighted by molar-refractivity contribution is 6.74. The molecular weight excluding hydrogens is 251 g/mol. The fraction of sp³-hybridized carbons (Fsp3) is 0.867. The maximum Gasteiger partial charge on any atom is 0.288 e. The first-order valence-electron chi connectivity index (χ1n) is 7.12. The van der Waals surface area contributed by atoms with Crippen LogP contribution in [-0.2, 0) is 4.43 Å². The molecule has 0 fully saturated rings. The van der Waals surface area contributed by atoms with Crippen LogP contribution < -0.4 is 0 Å². The first-order valence-corrected chi connectivity index (χ1v) is 13.0. The molecule has 0 radical (unpaired) electrons. The zero-order valence-electron chi connectivity index (χ0n) is 14.3. The predicted molar refractivity (Wildman–Crippen MR) is 88.2 cm³/mol. The van der Waals surface area contributed by atoms with E-state index in [1.54, 1.807) is 0 Å². The van der Waals surface area contributed by atoms with Gasteiger partial charge in [0.1, 0.15) is 0 Å². The smallest absolute Gasteiger partial charge is 0.288 e. The van der Waals surface area contributed by atoms with Crippen LogP contribution in [0.1, 0.15) is 41.5 Å². The van der Waals surface area contributed by atoms with Crippen molar-refractivity contribution in [2.24, 2.45) is 5.41 Å². The molecule has 0 bridgehead atoms. The minimum Gasteiger partial charge on any atom is -0.416 e. The molecule has 3 heteroatoms. The van der Waals surface area contributed by atoms with Crippen molar-refractivity contribution < 1.29 is 4.43 Å². The molecule has 0 aliphatic carbocycles. The third-order valence-electron chi connectivity index (χ3n) is 4.25. The van der Waals surface area contributed by atoms with E-state index in [1.807, 2.05) is 0 Å². The van der Waals surface area contributed by atoms with Crippen molar-refractivity contribution >= 4 is 22.5 Å². The predicted octanol–water partition coefficient (Wildman–Crippen LogP) is 5.27. The molecule has 106 valence electrons. The minimum absolute atomic E-state index is 0.173. The molecule has 0 heterocycles. The van der Waals surface area contributed by atoms with Gasteiger partial charge >= 0.3 is 0 Å². The third-order valence-corrected chi connectivity index (χ3v) is 9.90. The molecule has 18 heavy (non-hydrogen) atoms. The van der Waals surface area contributed by atoms with Gasteiger partial charge in [0.05, 0.1) is 0 Å². The highest BCUT2D eigenvalue weighted by Crippen LogP contribution is 2.38. The molecule has 0 saturated heterocycles. The Bertz CT molecular complexity index is 298. The largest absolute Gasteiger partial charge is 0.416 e. The van der Waals surface area contributed by atoms with E-state index in [4.69, 9.17) is 4.43 Å². The van der Waals surface area contributed by atoms with Gasteiger partial charge in [-0.15, -0.1) is 16.5 Å². The van der Waals surface area contributed by atoms with Crippen LogP contribution in [-0.4, -0.2) is 29.1 Å². The van der Waals surface area contributed by atoms with Crippen molar-refractivity contribution in [1.29, 1.82) is 0 Å². The molecule has 1 nitrogen and oxygen atoms in total. The standard InChI is InChI=1S/C13H27OSi.2CH3.Al/c1-11(2)13(6,7)10-14-15(8,9)12(3,4)5;;;/h1H,10H2,2-9H3;2*1H3;. The molecule has 0 atom stereocenters. The number of rotatable bonds is 5. The summed E-state index contributed by atoms with van der Waals surface area (Å²) in [6.07, 6.45) is 0. The van der Waals surface area contributed by atoms with Crippen LogP contribution >= 0.6 is 0 Å². The van der Waals surface area contributed by atoms with Crippen molar-refractivity contribution in [3.63, 3.8) is 0 Å². The summed E-state index contributed by atoms with van der Waals surface area (Å²) < 4.78 is 6.37. The van der Waals surface area contributed by atoms with Crippen molar-refractivity contribution in [3.05, 3.63) is 10.5 Å². The van der Waals surface area contributed by atoms with Crippen LogP contribution in [0.5, 0.6) is 0 Å². The van der Waals surface area contributed by atoms with Crippen LogP contribution in [0.4, 0.5) is 0 Å². The molecule has 0 spiro atoms. The Hall–Kier alpha value is 0.449. The summed E-state index contributed by atoms with van der Waals surface area (Å²) in [5.41, 5.74) is 1.68. The van der Waals surface area contributed by atoms with Crippen molar-refractivity contribution in [3.8, 4) is 0 Å². The molecule has 0 aliphatic rings. The summed E-state index contributed by atoms with van der Waals surface area (Å²) in [5.74, 6) is 4.74. The summed E-state index contributed by atoms with van der Waals surface area (Å²) in [5, 5.41) is 0.299. The lowest BCUT2D eigenvalue weighted by Gasteiger charge is -2.39. The van der Waals surface area contributed by atoms with Crippen molar-refractivity contribution in [2.75, 3.05) is 6.61 Å². The van der Waals surface area contributed by atoms with Gasteiger partial charge in [-0.1, -0.05) is 40.2 Å². The van der Waals surface area contributed by atoms with Crippen LogP contribution in [0.3, 0.4) is 0 Å². The molecule has 0 unspecified atom stereocenters. The van der Waals surface area contributed by atoms with E-state index in [0.717, 1.165) is 6.61 Å². The summed E-state index contributed by atoms with van der Waals surface area (Å²) >= 11 is -0.635. The van der Waals surface area contributed by atoms with E-state index in [1.165, 1.54) is 5.57 Å². The fourth-order valence-corrected chi connectivity index (χ4v) is 4.02. The Morgan fingerprint density at radius 3 is 1.89 bits per heavy atom. The van der Waals surface area contributed by atoms with E-state index in [-0.39, 0.29) is 5.41 Å². The molecule has 0 N–H and O–H groups in total. The Morgan fingerprint density at radius 1 is 1.11 bits per heavy atom. The molecule has 0 aromatic rings. The van der Waals surface area contributed by atoms with Gasteiger partial charge in [-0.05, 0) is 25.1 Å². The highest BCUT2D eigenvalue weighted by atomic mass is 28.4. The molecule has 0 rings (SSSR count). The summed E-state index contributed by atoms with van der Waals surface area (Å²) in [6, 6.07) is 0. The van der Waals surface area contributed by atoms with Crippen LogP contribution in [0.15, 0.2) is 10.5 Å². The lowest BCUT2D eigenvalue weighted by molar-refractivity contribution is 0.194. The SMILES string of the molecule is C/C(=[CH]\[Al]([CH3])[CH3])C(C)(C)CO[Si](C)(C)C(C)(C)C. The zero-order valence-corrected chi connectivity index (χ0v) is 16.4. The Labute approximate surface area is 121 Å². The van der Waals surface area contributed by atoms with E-state index in [9.17, 15) is 0 Å². The van der Waals surface area contributed by atoms with E-state index in [2.05, 4.69) is 71.1 Å². The quantitative estimate of drug-likeness (QED) is 0.625. The molecule has 0 amide bonds. The Balaban J connectivity index is 4.72. The maximum absolute atomic E-state index is 6.37. The Morgan fingerprint density at radius 2 is 1.56 bits per heavy atom. The van der Waals surface area contributed by atoms with Gasteiger partial charge < -0.3 is 4.43 Å². The molecular formula is C15H33AlOSi. The van der Waals surface area contributed by atoms with Crippen LogP contribution in [0.25, 0.3) is 0 Å².